The molecule has 0 spiro atoms. The Labute approximate surface area is 174 Å². The molecule has 2 aromatic carbocycles. The second kappa shape index (κ2) is 8.33. The highest BCUT2D eigenvalue weighted by Crippen LogP contribution is 2.29. The van der Waals surface area contributed by atoms with Gasteiger partial charge in [-0.1, -0.05) is 41.9 Å². The molecule has 4 nitrogen and oxygen atoms in total. The first-order valence-electron chi connectivity index (χ1n) is 9.41. The number of amides is 1. The first-order valence-corrected chi connectivity index (χ1v) is 10.6. The van der Waals surface area contributed by atoms with E-state index in [4.69, 9.17) is 11.6 Å². The van der Waals surface area contributed by atoms with E-state index in [0.29, 0.717) is 22.4 Å². The standard InChI is InChI=1S/C22H22ClN3OS/c1-15-20(28-22(25-15)17-7-9-18(23)10-8-17)21(27)24-13-16-11-12-26(14-16)19-5-3-2-4-6-19/h2-10,16H,11-14H2,1H3,(H,24,27). The second-order valence-corrected chi connectivity index (χ2v) is 8.52. The van der Waals surface area contributed by atoms with Crippen molar-refractivity contribution in [2.45, 2.75) is 13.3 Å². The number of aryl methyl sites for hydroxylation is 1. The molecule has 1 aliphatic rings. The molecule has 1 aliphatic heterocycles. The third kappa shape index (κ3) is 4.21. The van der Waals surface area contributed by atoms with Gasteiger partial charge in [0.25, 0.3) is 5.91 Å². The lowest BCUT2D eigenvalue weighted by Crippen LogP contribution is -2.30. The van der Waals surface area contributed by atoms with Crippen LogP contribution in [0.2, 0.25) is 5.02 Å². The van der Waals surface area contributed by atoms with Crippen LogP contribution < -0.4 is 10.2 Å². The van der Waals surface area contributed by atoms with E-state index in [-0.39, 0.29) is 5.91 Å². The number of hydrogen-bond donors (Lipinski definition) is 1. The predicted octanol–water partition coefficient (Wildman–Crippen LogP) is 5.03. The SMILES string of the molecule is Cc1nc(-c2ccc(Cl)cc2)sc1C(=O)NCC1CCN(c2ccccc2)C1. The van der Waals surface area contributed by atoms with Gasteiger partial charge in [0.2, 0.25) is 0 Å². The molecule has 1 aromatic heterocycles. The van der Waals surface area contributed by atoms with Crippen LogP contribution in [0.5, 0.6) is 0 Å². The molecule has 1 atom stereocenters. The molecule has 28 heavy (non-hydrogen) atoms. The van der Waals surface area contributed by atoms with Crippen molar-refractivity contribution in [3.05, 3.63) is 70.2 Å². The lowest BCUT2D eigenvalue weighted by Gasteiger charge is -2.18. The van der Waals surface area contributed by atoms with Gasteiger partial charge in [-0.2, -0.15) is 0 Å². The maximum Gasteiger partial charge on any atom is 0.263 e. The largest absolute Gasteiger partial charge is 0.371 e. The third-order valence-corrected chi connectivity index (χ3v) is 6.51. The molecule has 1 fully saturated rings. The first-order chi connectivity index (χ1) is 13.6. The molecule has 0 aliphatic carbocycles. The van der Waals surface area contributed by atoms with Crippen LogP contribution in [0.15, 0.2) is 54.6 Å². The quantitative estimate of drug-likeness (QED) is 0.640. The van der Waals surface area contributed by atoms with Crippen molar-refractivity contribution >= 4 is 34.5 Å². The molecule has 1 amide bonds. The summed E-state index contributed by atoms with van der Waals surface area (Å²) in [6.45, 7) is 4.58. The first kappa shape index (κ1) is 19.0. The molecular formula is C22H22ClN3OS. The number of rotatable bonds is 5. The number of benzene rings is 2. The Hall–Kier alpha value is -2.37. The molecule has 3 aromatic rings. The highest BCUT2D eigenvalue weighted by molar-refractivity contribution is 7.17. The minimum Gasteiger partial charge on any atom is -0.371 e. The van der Waals surface area contributed by atoms with E-state index in [0.717, 1.165) is 35.8 Å². The highest BCUT2D eigenvalue weighted by Gasteiger charge is 2.24. The van der Waals surface area contributed by atoms with Crippen LogP contribution >= 0.6 is 22.9 Å². The number of para-hydroxylation sites is 1. The van der Waals surface area contributed by atoms with Crippen molar-refractivity contribution in [3.8, 4) is 10.6 Å². The van der Waals surface area contributed by atoms with Crippen LogP contribution in [-0.4, -0.2) is 30.5 Å². The number of carbonyl (C=O) groups excluding carboxylic acids is 1. The molecule has 1 saturated heterocycles. The van der Waals surface area contributed by atoms with Gasteiger partial charge < -0.3 is 10.2 Å². The van der Waals surface area contributed by atoms with Crippen molar-refractivity contribution in [1.82, 2.24) is 10.3 Å². The number of anilines is 1. The van der Waals surface area contributed by atoms with Gasteiger partial charge in [-0.05, 0) is 43.5 Å². The molecular weight excluding hydrogens is 390 g/mol. The summed E-state index contributed by atoms with van der Waals surface area (Å²) in [5.74, 6) is 0.432. The second-order valence-electron chi connectivity index (χ2n) is 7.09. The summed E-state index contributed by atoms with van der Waals surface area (Å²) in [7, 11) is 0. The number of hydrogen-bond acceptors (Lipinski definition) is 4. The van der Waals surface area contributed by atoms with Crippen LogP contribution in [0.3, 0.4) is 0 Å². The molecule has 1 N–H and O–H groups in total. The Morgan fingerprint density at radius 2 is 1.96 bits per heavy atom. The van der Waals surface area contributed by atoms with Gasteiger partial charge in [0.15, 0.2) is 0 Å². The molecule has 0 saturated carbocycles. The molecule has 0 bridgehead atoms. The van der Waals surface area contributed by atoms with E-state index in [1.807, 2.05) is 37.3 Å². The molecule has 4 rings (SSSR count). The molecule has 144 valence electrons. The Morgan fingerprint density at radius 1 is 1.21 bits per heavy atom. The van der Waals surface area contributed by atoms with E-state index < -0.39 is 0 Å². The summed E-state index contributed by atoms with van der Waals surface area (Å²) >= 11 is 7.38. The highest BCUT2D eigenvalue weighted by atomic mass is 35.5. The van der Waals surface area contributed by atoms with Gasteiger partial charge in [-0.25, -0.2) is 4.98 Å². The monoisotopic (exact) mass is 411 g/mol. The van der Waals surface area contributed by atoms with Gasteiger partial charge in [0, 0.05) is 35.9 Å². The lowest BCUT2D eigenvalue weighted by molar-refractivity contribution is 0.0951. The molecule has 2 heterocycles. The Kier molecular flexibility index (Phi) is 5.64. The van der Waals surface area contributed by atoms with Crippen molar-refractivity contribution in [2.75, 3.05) is 24.5 Å². The average Bonchev–Trinajstić information content (AvgIpc) is 3.34. The summed E-state index contributed by atoms with van der Waals surface area (Å²) < 4.78 is 0. The Bertz CT molecular complexity index is 956. The molecule has 0 radical (unpaired) electrons. The molecule has 1 unspecified atom stereocenters. The van der Waals surface area contributed by atoms with Gasteiger partial charge >= 0.3 is 0 Å². The topological polar surface area (TPSA) is 45.2 Å². The van der Waals surface area contributed by atoms with Crippen LogP contribution in [0, 0.1) is 12.8 Å². The normalized spacial score (nSPS) is 16.4. The zero-order valence-electron chi connectivity index (χ0n) is 15.7. The Morgan fingerprint density at radius 3 is 2.71 bits per heavy atom. The minimum atomic E-state index is -0.0339. The number of aromatic nitrogens is 1. The smallest absolute Gasteiger partial charge is 0.263 e. The van der Waals surface area contributed by atoms with Crippen molar-refractivity contribution in [1.29, 1.82) is 0 Å². The van der Waals surface area contributed by atoms with Crippen LogP contribution in [-0.2, 0) is 0 Å². The maximum atomic E-state index is 12.7. The summed E-state index contributed by atoms with van der Waals surface area (Å²) in [6, 6.07) is 18.0. The van der Waals surface area contributed by atoms with E-state index in [1.165, 1.54) is 17.0 Å². The van der Waals surface area contributed by atoms with E-state index in [2.05, 4.69) is 39.5 Å². The van der Waals surface area contributed by atoms with Gasteiger partial charge in [0.05, 0.1) is 5.69 Å². The van der Waals surface area contributed by atoms with Gasteiger partial charge in [-0.3, -0.25) is 4.79 Å². The van der Waals surface area contributed by atoms with Gasteiger partial charge in [-0.15, -0.1) is 11.3 Å². The number of thiazole rings is 1. The molecule has 6 heteroatoms. The average molecular weight is 412 g/mol. The Balaban J connectivity index is 1.36. The number of halogens is 1. The van der Waals surface area contributed by atoms with E-state index >= 15 is 0 Å². The number of nitrogens with one attached hydrogen (secondary N) is 1. The fourth-order valence-corrected chi connectivity index (χ4v) is 4.63. The van der Waals surface area contributed by atoms with Crippen molar-refractivity contribution in [2.24, 2.45) is 5.92 Å². The fraction of sp³-hybridized carbons (Fsp3) is 0.273. The van der Waals surface area contributed by atoms with E-state index in [1.54, 1.807) is 0 Å². The maximum absolute atomic E-state index is 12.7. The zero-order valence-corrected chi connectivity index (χ0v) is 17.3. The van der Waals surface area contributed by atoms with E-state index in [9.17, 15) is 4.79 Å². The van der Waals surface area contributed by atoms with Crippen molar-refractivity contribution in [3.63, 3.8) is 0 Å². The summed E-state index contributed by atoms with van der Waals surface area (Å²) in [4.78, 5) is 20.3. The van der Waals surface area contributed by atoms with Crippen LogP contribution in [0.4, 0.5) is 5.69 Å². The van der Waals surface area contributed by atoms with Crippen molar-refractivity contribution < 1.29 is 4.79 Å². The minimum absolute atomic E-state index is 0.0339. The summed E-state index contributed by atoms with van der Waals surface area (Å²) in [5, 5.41) is 4.65. The fourth-order valence-electron chi connectivity index (χ4n) is 3.51. The zero-order chi connectivity index (χ0) is 19.5. The van der Waals surface area contributed by atoms with Crippen LogP contribution in [0.25, 0.3) is 10.6 Å². The van der Waals surface area contributed by atoms with Crippen LogP contribution in [0.1, 0.15) is 21.8 Å². The lowest BCUT2D eigenvalue weighted by atomic mass is 10.1. The summed E-state index contributed by atoms with van der Waals surface area (Å²) in [5.41, 5.74) is 3.00. The summed E-state index contributed by atoms with van der Waals surface area (Å²) in [6.07, 6.45) is 1.09. The number of carbonyl (C=O) groups is 1. The van der Waals surface area contributed by atoms with Gasteiger partial charge in [0.1, 0.15) is 9.88 Å². The third-order valence-electron chi connectivity index (χ3n) is 5.05. The predicted molar refractivity (Wildman–Crippen MR) is 116 cm³/mol. The number of nitrogens with zero attached hydrogens (tertiary/aromatic N) is 2.